The lowest BCUT2D eigenvalue weighted by Crippen LogP contribution is -2.41. The van der Waals surface area contributed by atoms with Crippen molar-refractivity contribution in [2.75, 3.05) is 20.6 Å². The van der Waals surface area contributed by atoms with E-state index in [1.807, 2.05) is 76.2 Å². The number of nitrogens with two attached hydrogens (primary N) is 1. The predicted molar refractivity (Wildman–Crippen MR) is 147 cm³/mol. The third-order valence-corrected chi connectivity index (χ3v) is 5.34. The zero-order valence-electron chi connectivity index (χ0n) is 20.4. The molecule has 0 aliphatic carbocycles. The summed E-state index contributed by atoms with van der Waals surface area (Å²) >= 11 is 12.8. The summed E-state index contributed by atoms with van der Waals surface area (Å²) in [5, 5.41) is 8.88. The molecule has 3 aromatic rings. The summed E-state index contributed by atoms with van der Waals surface area (Å²) in [6.45, 7) is 6.57. The van der Waals surface area contributed by atoms with E-state index < -0.39 is 5.54 Å². The molecule has 1 amide bonds. The number of rotatable bonds is 5. The molecule has 3 N–H and O–H groups in total. The van der Waals surface area contributed by atoms with Crippen LogP contribution < -0.4 is 11.1 Å². The first-order valence-corrected chi connectivity index (χ1v) is 11.6. The molecule has 6 nitrogen and oxygen atoms in total. The highest BCUT2D eigenvalue weighted by Gasteiger charge is 2.28. The predicted octanol–water partition coefficient (Wildman–Crippen LogP) is 5.17. The second-order valence-electron chi connectivity index (χ2n) is 9.21. The van der Waals surface area contributed by atoms with Gasteiger partial charge in [0.15, 0.2) is 5.69 Å². The van der Waals surface area contributed by atoms with Crippen molar-refractivity contribution in [2.24, 2.45) is 5.73 Å². The summed E-state index contributed by atoms with van der Waals surface area (Å²) in [6.07, 6.45) is 0. The SMILES string of the molecule is CN(C)Cc1c(C(=O)NC(C)(C)C)nn(-c2ccc(C#CCN)cc2Cl)c1-c1ccc(Cl)cc1.Cl. The van der Waals surface area contributed by atoms with Gasteiger partial charge in [0.1, 0.15) is 0 Å². The minimum absolute atomic E-state index is 0. The lowest BCUT2D eigenvalue weighted by Gasteiger charge is -2.20. The molecule has 35 heavy (non-hydrogen) atoms. The van der Waals surface area contributed by atoms with Crippen LogP contribution in [0.2, 0.25) is 10.0 Å². The maximum atomic E-state index is 13.3. The molecule has 1 heterocycles. The van der Waals surface area contributed by atoms with E-state index in [0.717, 1.165) is 22.4 Å². The Balaban J connectivity index is 0.00000432. The fraction of sp³-hybridized carbons (Fsp3) is 0.308. The third-order valence-electron chi connectivity index (χ3n) is 4.79. The van der Waals surface area contributed by atoms with Gasteiger partial charge in [-0.3, -0.25) is 4.79 Å². The van der Waals surface area contributed by atoms with E-state index in [-0.39, 0.29) is 24.9 Å². The molecule has 1 aromatic heterocycles. The van der Waals surface area contributed by atoms with Crippen LogP contribution in [-0.4, -0.2) is 46.8 Å². The van der Waals surface area contributed by atoms with Crippen LogP contribution in [0, 0.1) is 11.8 Å². The smallest absolute Gasteiger partial charge is 0.272 e. The molecule has 0 atom stereocenters. The van der Waals surface area contributed by atoms with Gasteiger partial charge in [0.25, 0.3) is 5.91 Å². The van der Waals surface area contributed by atoms with Crippen LogP contribution in [0.5, 0.6) is 0 Å². The molecular weight excluding hydrogens is 505 g/mol. The molecular formula is C26H30Cl3N5O. The fourth-order valence-corrected chi connectivity index (χ4v) is 3.87. The van der Waals surface area contributed by atoms with E-state index in [1.165, 1.54) is 0 Å². The molecule has 2 aromatic carbocycles. The van der Waals surface area contributed by atoms with Crippen molar-refractivity contribution in [3.05, 3.63) is 69.3 Å². The van der Waals surface area contributed by atoms with E-state index in [4.69, 9.17) is 34.0 Å². The zero-order valence-corrected chi connectivity index (χ0v) is 22.8. The molecule has 0 aliphatic rings. The molecule has 0 bridgehead atoms. The number of halogens is 3. The van der Waals surface area contributed by atoms with Crippen molar-refractivity contribution >= 4 is 41.5 Å². The first-order chi connectivity index (χ1) is 16.0. The summed E-state index contributed by atoms with van der Waals surface area (Å²) in [5.74, 6) is 5.57. The van der Waals surface area contributed by atoms with Gasteiger partial charge < -0.3 is 16.0 Å². The molecule has 0 saturated heterocycles. The standard InChI is InChI=1S/C26H29Cl2N5O.ClH/c1-26(2,3)30-25(34)23-20(16-32(4)5)24(18-9-11-19(27)12-10-18)33(31-23)22-13-8-17(7-6-14-29)15-21(22)28;/h8-13,15H,14,16,29H2,1-5H3,(H,30,34);1H. The highest BCUT2D eigenvalue weighted by Crippen LogP contribution is 2.33. The molecule has 0 aliphatic heterocycles. The lowest BCUT2D eigenvalue weighted by atomic mass is 10.0. The number of nitrogens with one attached hydrogen (secondary N) is 1. The van der Waals surface area contributed by atoms with Crippen LogP contribution in [0.25, 0.3) is 16.9 Å². The van der Waals surface area contributed by atoms with Gasteiger partial charge in [-0.05, 0) is 65.2 Å². The Morgan fingerprint density at radius 3 is 2.34 bits per heavy atom. The van der Waals surface area contributed by atoms with Crippen molar-refractivity contribution in [1.82, 2.24) is 20.0 Å². The van der Waals surface area contributed by atoms with Crippen LogP contribution in [-0.2, 0) is 6.54 Å². The topological polar surface area (TPSA) is 76.2 Å². The minimum Gasteiger partial charge on any atom is -0.346 e. The van der Waals surface area contributed by atoms with Crippen molar-refractivity contribution in [3.63, 3.8) is 0 Å². The first-order valence-electron chi connectivity index (χ1n) is 10.8. The zero-order chi connectivity index (χ0) is 25.0. The molecule has 3 rings (SSSR count). The van der Waals surface area contributed by atoms with E-state index in [0.29, 0.717) is 28.0 Å². The van der Waals surface area contributed by atoms with E-state index >= 15 is 0 Å². The summed E-state index contributed by atoms with van der Waals surface area (Å²) in [6, 6.07) is 12.9. The maximum Gasteiger partial charge on any atom is 0.272 e. The van der Waals surface area contributed by atoms with Gasteiger partial charge in [0.2, 0.25) is 0 Å². The van der Waals surface area contributed by atoms with Crippen molar-refractivity contribution < 1.29 is 4.79 Å². The van der Waals surface area contributed by atoms with Gasteiger partial charge in [-0.1, -0.05) is 47.2 Å². The number of nitrogens with zero attached hydrogens (tertiary/aromatic N) is 3. The molecule has 186 valence electrons. The number of hydrogen-bond acceptors (Lipinski definition) is 4. The van der Waals surface area contributed by atoms with Crippen LogP contribution in [0.15, 0.2) is 42.5 Å². The van der Waals surface area contributed by atoms with Gasteiger partial charge >= 0.3 is 0 Å². The van der Waals surface area contributed by atoms with Gasteiger partial charge in [0.05, 0.1) is 22.9 Å². The summed E-state index contributed by atoms with van der Waals surface area (Å²) in [5.41, 5.74) is 9.23. The Morgan fingerprint density at radius 2 is 1.80 bits per heavy atom. The third kappa shape index (κ3) is 7.23. The highest BCUT2D eigenvalue weighted by atomic mass is 35.5. The van der Waals surface area contributed by atoms with E-state index in [9.17, 15) is 4.79 Å². The Morgan fingerprint density at radius 1 is 1.14 bits per heavy atom. The van der Waals surface area contributed by atoms with Crippen molar-refractivity contribution in [2.45, 2.75) is 32.9 Å². The number of carbonyl (C=O) groups excluding carboxylic acids is 1. The molecule has 0 spiro atoms. The quantitative estimate of drug-likeness (QED) is 0.443. The first kappa shape index (κ1) is 28.7. The van der Waals surface area contributed by atoms with Crippen molar-refractivity contribution in [1.29, 1.82) is 0 Å². The van der Waals surface area contributed by atoms with Gasteiger partial charge in [-0.2, -0.15) is 5.10 Å². The number of amides is 1. The second kappa shape index (κ2) is 11.9. The largest absolute Gasteiger partial charge is 0.346 e. The monoisotopic (exact) mass is 533 g/mol. The van der Waals surface area contributed by atoms with E-state index in [1.54, 1.807) is 10.7 Å². The summed E-state index contributed by atoms with van der Waals surface area (Å²) in [4.78, 5) is 15.3. The number of benzene rings is 2. The molecule has 0 radical (unpaired) electrons. The molecule has 0 fully saturated rings. The van der Waals surface area contributed by atoms with Crippen LogP contribution in [0.1, 0.15) is 42.4 Å². The van der Waals surface area contributed by atoms with Gasteiger partial charge in [-0.25, -0.2) is 4.68 Å². The van der Waals surface area contributed by atoms with Crippen LogP contribution in [0.4, 0.5) is 0 Å². The Kier molecular flexibility index (Phi) is 9.79. The Bertz CT molecular complexity index is 1250. The average molecular weight is 535 g/mol. The summed E-state index contributed by atoms with van der Waals surface area (Å²) in [7, 11) is 3.90. The highest BCUT2D eigenvalue weighted by molar-refractivity contribution is 6.32. The molecule has 0 unspecified atom stereocenters. The number of aromatic nitrogens is 2. The molecule has 9 heteroatoms. The Hall–Kier alpha value is -2.53. The number of hydrogen-bond donors (Lipinski definition) is 2. The van der Waals surface area contributed by atoms with Crippen LogP contribution >= 0.6 is 35.6 Å². The molecule has 0 saturated carbocycles. The average Bonchev–Trinajstić information content (AvgIpc) is 3.10. The second-order valence-corrected chi connectivity index (χ2v) is 10.1. The summed E-state index contributed by atoms with van der Waals surface area (Å²) < 4.78 is 1.72. The maximum absolute atomic E-state index is 13.3. The minimum atomic E-state index is -0.419. The lowest BCUT2D eigenvalue weighted by molar-refractivity contribution is 0.0912. The van der Waals surface area contributed by atoms with Crippen molar-refractivity contribution in [3.8, 4) is 28.8 Å². The Labute approximate surface area is 223 Å². The van der Waals surface area contributed by atoms with Gasteiger partial charge in [0, 0.05) is 33.8 Å². The van der Waals surface area contributed by atoms with Gasteiger partial charge in [-0.15, -0.1) is 12.4 Å². The van der Waals surface area contributed by atoms with E-state index in [2.05, 4.69) is 17.2 Å². The normalized spacial score (nSPS) is 11.0. The fourth-order valence-electron chi connectivity index (χ4n) is 3.49. The van der Waals surface area contributed by atoms with Crippen LogP contribution in [0.3, 0.4) is 0 Å². The number of carbonyl (C=O) groups is 1.